The minimum absolute atomic E-state index is 0.114. The second-order valence-corrected chi connectivity index (χ2v) is 6.80. The first-order valence-electron chi connectivity index (χ1n) is 7.29. The van der Waals surface area contributed by atoms with Gasteiger partial charge in [0.05, 0.1) is 0 Å². The first-order valence-corrected chi connectivity index (χ1v) is 7.29. The molecule has 0 unspecified atom stereocenters. The average molecular weight is 246 g/mol. The van der Waals surface area contributed by atoms with Crippen LogP contribution in [0.5, 0.6) is 5.75 Å². The van der Waals surface area contributed by atoms with E-state index in [2.05, 4.69) is 26.8 Å². The van der Waals surface area contributed by atoms with Crippen LogP contribution in [-0.2, 0) is 11.8 Å². The summed E-state index contributed by atoms with van der Waals surface area (Å²) in [7, 11) is 0. The summed E-state index contributed by atoms with van der Waals surface area (Å²) in [5.74, 6) is 1.25. The molecular weight excluding hydrogens is 220 g/mol. The van der Waals surface area contributed by atoms with Crippen LogP contribution in [0, 0.1) is 5.92 Å². The van der Waals surface area contributed by atoms with E-state index in [9.17, 15) is 5.11 Å². The van der Waals surface area contributed by atoms with Crippen LogP contribution in [0.3, 0.4) is 0 Å². The van der Waals surface area contributed by atoms with E-state index in [1.54, 1.807) is 0 Å². The molecule has 1 aliphatic rings. The fourth-order valence-electron chi connectivity index (χ4n) is 3.14. The molecule has 0 atom stereocenters. The Kier molecular flexibility index (Phi) is 3.99. The summed E-state index contributed by atoms with van der Waals surface area (Å²) in [5, 5.41) is 9.71. The highest BCUT2D eigenvalue weighted by atomic mass is 16.3. The fourth-order valence-corrected chi connectivity index (χ4v) is 3.14. The molecule has 0 aromatic heterocycles. The molecule has 0 saturated heterocycles. The van der Waals surface area contributed by atoms with Gasteiger partial charge in [0, 0.05) is 0 Å². The lowest BCUT2D eigenvalue weighted by Crippen LogP contribution is -2.17. The predicted octanol–water partition coefficient (Wildman–Crippen LogP) is 4.81. The summed E-state index contributed by atoms with van der Waals surface area (Å²) >= 11 is 0. The lowest BCUT2D eigenvalue weighted by Gasteiger charge is -2.27. The monoisotopic (exact) mass is 246 g/mol. The molecule has 100 valence electrons. The molecule has 1 aromatic carbocycles. The van der Waals surface area contributed by atoms with Crippen molar-refractivity contribution in [1.82, 2.24) is 0 Å². The Morgan fingerprint density at radius 1 is 1.11 bits per heavy atom. The molecule has 1 saturated carbocycles. The van der Waals surface area contributed by atoms with E-state index < -0.39 is 0 Å². The first kappa shape index (κ1) is 13.5. The number of phenols is 1. The van der Waals surface area contributed by atoms with Crippen LogP contribution in [0.1, 0.15) is 64.0 Å². The van der Waals surface area contributed by atoms with E-state index >= 15 is 0 Å². The summed E-state index contributed by atoms with van der Waals surface area (Å²) in [6.45, 7) is 6.68. The highest BCUT2D eigenvalue weighted by molar-refractivity contribution is 5.39. The number of rotatable bonds is 2. The molecule has 0 spiro atoms. The van der Waals surface area contributed by atoms with Crippen LogP contribution in [0.15, 0.2) is 18.2 Å². The SMILES string of the molecule is CC(C)(C)c1cc(O)ccc1CC1CCCCC1. The molecule has 1 N–H and O–H groups in total. The molecule has 0 aliphatic heterocycles. The van der Waals surface area contributed by atoms with Gasteiger partial charge in [-0.3, -0.25) is 0 Å². The topological polar surface area (TPSA) is 20.2 Å². The van der Waals surface area contributed by atoms with Crippen LogP contribution in [0.25, 0.3) is 0 Å². The minimum Gasteiger partial charge on any atom is -0.508 e. The first-order chi connectivity index (χ1) is 8.47. The highest BCUT2D eigenvalue weighted by Crippen LogP contribution is 2.33. The van der Waals surface area contributed by atoms with Crippen LogP contribution in [0.2, 0.25) is 0 Å². The van der Waals surface area contributed by atoms with Crippen molar-refractivity contribution in [2.75, 3.05) is 0 Å². The molecular formula is C17H26O. The lowest BCUT2D eigenvalue weighted by molar-refractivity contribution is 0.354. The van der Waals surface area contributed by atoms with Gasteiger partial charge in [-0.1, -0.05) is 58.9 Å². The van der Waals surface area contributed by atoms with Gasteiger partial charge < -0.3 is 5.11 Å². The van der Waals surface area contributed by atoms with Crippen molar-refractivity contribution in [3.63, 3.8) is 0 Å². The van der Waals surface area contributed by atoms with Crippen LogP contribution in [-0.4, -0.2) is 5.11 Å². The Labute approximate surface area is 111 Å². The molecule has 1 fully saturated rings. The van der Waals surface area contributed by atoms with Crippen molar-refractivity contribution in [2.24, 2.45) is 5.92 Å². The average Bonchev–Trinajstić information content (AvgIpc) is 2.31. The second kappa shape index (κ2) is 5.34. The third-order valence-corrected chi connectivity index (χ3v) is 4.13. The van der Waals surface area contributed by atoms with Crippen molar-refractivity contribution in [2.45, 2.75) is 64.7 Å². The summed E-state index contributed by atoms with van der Waals surface area (Å²) in [6.07, 6.45) is 8.15. The zero-order valence-electron chi connectivity index (χ0n) is 12.0. The summed E-state index contributed by atoms with van der Waals surface area (Å²) in [5.41, 5.74) is 2.86. The lowest BCUT2D eigenvalue weighted by atomic mass is 9.78. The third kappa shape index (κ3) is 3.28. The van der Waals surface area contributed by atoms with Crippen LogP contribution < -0.4 is 0 Å². The summed E-state index contributed by atoms with van der Waals surface area (Å²) < 4.78 is 0. The van der Waals surface area contributed by atoms with Crippen molar-refractivity contribution in [3.8, 4) is 5.75 Å². The predicted molar refractivity (Wildman–Crippen MR) is 77.1 cm³/mol. The Morgan fingerprint density at radius 2 is 1.78 bits per heavy atom. The Hall–Kier alpha value is -0.980. The number of benzene rings is 1. The molecule has 2 rings (SSSR count). The number of phenolic OH excluding ortho intramolecular Hbond substituents is 1. The maximum absolute atomic E-state index is 9.71. The minimum atomic E-state index is 0.114. The molecule has 0 radical (unpaired) electrons. The maximum atomic E-state index is 9.71. The van der Waals surface area contributed by atoms with Gasteiger partial charge >= 0.3 is 0 Å². The van der Waals surface area contributed by atoms with E-state index in [1.165, 1.54) is 49.7 Å². The van der Waals surface area contributed by atoms with E-state index in [1.807, 2.05) is 12.1 Å². The molecule has 0 heterocycles. The van der Waals surface area contributed by atoms with Gasteiger partial charge in [0.15, 0.2) is 0 Å². The van der Waals surface area contributed by atoms with E-state index in [-0.39, 0.29) is 5.41 Å². The molecule has 1 aromatic rings. The molecule has 18 heavy (non-hydrogen) atoms. The Balaban J connectivity index is 2.21. The summed E-state index contributed by atoms with van der Waals surface area (Å²) in [4.78, 5) is 0. The quantitative estimate of drug-likeness (QED) is 0.793. The zero-order chi connectivity index (χ0) is 13.2. The standard InChI is InChI=1S/C17H26O/c1-17(2,3)16-12-15(18)10-9-14(16)11-13-7-5-4-6-8-13/h9-10,12-13,18H,4-8,11H2,1-3H3. The van der Waals surface area contributed by atoms with Crippen LogP contribution in [0.4, 0.5) is 0 Å². The van der Waals surface area contributed by atoms with Crippen molar-refractivity contribution in [1.29, 1.82) is 0 Å². The summed E-state index contributed by atoms with van der Waals surface area (Å²) in [6, 6.07) is 5.93. The number of hydrogen-bond acceptors (Lipinski definition) is 1. The molecule has 0 bridgehead atoms. The van der Waals surface area contributed by atoms with Gasteiger partial charge in [0.25, 0.3) is 0 Å². The van der Waals surface area contributed by atoms with E-state index in [0.717, 1.165) is 5.92 Å². The van der Waals surface area contributed by atoms with E-state index in [4.69, 9.17) is 0 Å². The van der Waals surface area contributed by atoms with E-state index in [0.29, 0.717) is 5.75 Å². The molecule has 0 amide bonds. The van der Waals surface area contributed by atoms with Gasteiger partial charge in [0.1, 0.15) is 5.75 Å². The van der Waals surface area contributed by atoms with Gasteiger partial charge in [-0.25, -0.2) is 0 Å². The maximum Gasteiger partial charge on any atom is 0.115 e. The van der Waals surface area contributed by atoms with Crippen molar-refractivity contribution >= 4 is 0 Å². The number of aromatic hydroxyl groups is 1. The third-order valence-electron chi connectivity index (χ3n) is 4.13. The molecule has 1 heteroatoms. The Bertz CT molecular complexity index is 395. The van der Waals surface area contributed by atoms with Crippen LogP contribution >= 0.6 is 0 Å². The molecule has 1 nitrogen and oxygen atoms in total. The fraction of sp³-hybridized carbons (Fsp3) is 0.647. The van der Waals surface area contributed by atoms with Crippen molar-refractivity contribution in [3.05, 3.63) is 29.3 Å². The van der Waals surface area contributed by atoms with Crippen molar-refractivity contribution < 1.29 is 5.11 Å². The zero-order valence-corrected chi connectivity index (χ0v) is 12.0. The van der Waals surface area contributed by atoms with Gasteiger partial charge in [0.2, 0.25) is 0 Å². The molecule has 1 aliphatic carbocycles. The van der Waals surface area contributed by atoms with Gasteiger partial charge in [-0.2, -0.15) is 0 Å². The Morgan fingerprint density at radius 3 is 2.39 bits per heavy atom. The smallest absolute Gasteiger partial charge is 0.115 e. The number of hydrogen-bond donors (Lipinski definition) is 1. The normalized spacial score (nSPS) is 17.9. The van der Waals surface area contributed by atoms with Gasteiger partial charge in [-0.05, 0) is 41.0 Å². The highest BCUT2D eigenvalue weighted by Gasteiger charge is 2.21. The second-order valence-electron chi connectivity index (χ2n) is 6.80. The largest absolute Gasteiger partial charge is 0.508 e. The van der Waals surface area contributed by atoms with Gasteiger partial charge in [-0.15, -0.1) is 0 Å².